The molecule has 2 aromatic rings. The van der Waals surface area contributed by atoms with E-state index in [1.807, 2.05) is 37.3 Å². The Morgan fingerprint density at radius 3 is 1.84 bits per heavy atom. The lowest BCUT2D eigenvalue weighted by Crippen LogP contribution is -2.65. The Morgan fingerprint density at radius 1 is 0.606 bits per heavy atom. The summed E-state index contributed by atoms with van der Waals surface area (Å²) >= 11 is 6.18. The number of carbonyl (C=O) groups excluding carboxylic acids is 11. The van der Waals surface area contributed by atoms with Gasteiger partial charge in [0, 0.05) is 68.5 Å². The first kappa shape index (κ1) is 82.3. The Kier molecular flexibility index (Phi) is 28.7. The molecule has 6 fully saturated rings. The molecule has 0 bridgehead atoms. The molecule has 4 N–H and O–H groups in total. The second-order valence-electron chi connectivity index (χ2n) is 30.6. The van der Waals surface area contributed by atoms with Crippen molar-refractivity contribution in [3.63, 3.8) is 0 Å². The molecule has 1 spiro atoms. The van der Waals surface area contributed by atoms with Crippen LogP contribution in [0.4, 0.5) is 13.2 Å². The lowest BCUT2D eigenvalue weighted by atomic mass is 9.84. The van der Waals surface area contributed by atoms with Crippen LogP contribution in [0.2, 0.25) is 5.02 Å². The van der Waals surface area contributed by atoms with E-state index in [0.29, 0.717) is 50.8 Å². The third kappa shape index (κ3) is 19.4. The van der Waals surface area contributed by atoms with Gasteiger partial charge in [0.2, 0.25) is 65.0 Å². The van der Waals surface area contributed by atoms with Crippen LogP contribution in [-0.2, 0) is 71.8 Å². The van der Waals surface area contributed by atoms with Gasteiger partial charge in [0.15, 0.2) is 0 Å². The van der Waals surface area contributed by atoms with E-state index in [1.54, 1.807) is 25.7 Å². The maximum atomic E-state index is 15.5. The van der Waals surface area contributed by atoms with Crippen molar-refractivity contribution in [3.8, 4) is 0 Å². The monoisotopic (exact) mass is 1480 g/mol. The van der Waals surface area contributed by atoms with Crippen LogP contribution in [0.25, 0.3) is 0 Å². The number of carbonyl (C=O) groups is 11. The topological polar surface area (TPSA) is 273 Å². The summed E-state index contributed by atoms with van der Waals surface area (Å²) in [5.41, 5.74) is -1.46. The summed E-state index contributed by atoms with van der Waals surface area (Å²) in [7, 11) is 8.74. The van der Waals surface area contributed by atoms with Gasteiger partial charge in [-0.2, -0.15) is 13.2 Å². The van der Waals surface area contributed by atoms with Gasteiger partial charge in [0.05, 0.1) is 29.6 Å². The molecule has 11 atom stereocenters. The molecule has 0 radical (unpaired) electrons. The van der Waals surface area contributed by atoms with Crippen LogP contribution in [0, 0.1) is 17.8 Å². The second-order valence-corrected chi connectivity index (χ2v) is 31.0. The minimum atomic E-state index is -4.76. The molecule has 2 unspecified atom stereocenters. The van der Waals surface area contributed by atoms with Crippen molar-refractivity contribution in [1.82, 2.24) is 60.0 Å². The molecule has 2 aromatic carbocycles. The minimum absolute atomic E-state index is 0.0118. The Hall–Kier alpha value is -7.39. The van der Waals surface area contributed by atoms with Gasteiger partial charge in [-0.1, -0.05) is 133 Å². The summed E-state index contributed by atoms with van der Waals surface area (Å²) in [6, 6.07) is 1.67. The smallest absolute Gasteiger partial charge is 0.376 e. The highest BCUT2D eigenvalue weighted by molar-refractivity contribution is 6.31. The van der Waals surface area contributed by atoms with Gasteiger partial charge in [0.1, 0.15) is 60.1 Å². The number of piperidine rings is 1. The quantitative estimate of drug-likeness (QED) is 0.169. The number of fused-ring (bicyclic) bond motifs is 2. The van der Waals surface area contributed by atoms with E-state index in [-0.39, 0.29) is 70.4 Å². The largest absolute Gasteiger partial charge is 0.417 e. The number of hydrogen-bond acceptors (Lipinski definition) is 13. The fourth-order valence-corrected chi connectivity index (χ4v) is 16.5. The van der Waals surface area contributed by atoms with E-state index in [0.717, 1.165) is 74.0 Å². The third-order valence-corrected chi connectivity index (χ3v) is 23.5. The molecule has 11 amide bonds. The van der Waals surface area contributed by atoms with Crippen molar-refractivity contribution >= 4 is 76.6 Å². The van der Waals surface area contributed by atoms with E-state index in [9.17, 15) is 32.7 Å². The van der Waals surface area contributed by atoms with Gasteiger partial charge >= 0.3 is 6.18 Å². The lowest BCUT2D eigenvalue weighted by molar-refractivity contribution is -0.161. The molecule has 8 rings (SSSR count). The first-order valence-corrected chi connectivity index (χ1v) is 38.0. The molecule has 4 saturated heterocycles. The van der Waals surface area contributed by atoms with Crippen LogP contribution in [0.5, 0.6) is 0 Å². The van der Waals surface area contributed by atoms with Crippen LogP contribution in [0.15, 0.2) is 48.5 Å². The molecule has 2 saturated carbocycles. The second kappa shape index (κ2) is 36.3. The van der Waals surface area contributed by atoms with Crippen LogP contribution in [-0.4, -0.2) is 255 Å². The maximum Gasteiger partial charge on any atom is 0.417 e. The third-order valence-electron chi connectivity index (χ3n) is 23.2. The highest BCUT2D eigenvalue weighted by Crippen LogP contribution is 2.38. The predicted molar refractivity (Wildman–Crippen MR) is 385 cm³/mol. The highest BCUT2D eigenvalue weighted by Gasteiger charge is 2.52. The summed E-state index contributed by atoms with van der Waals surface area (Å²) < 4.78 is 41.8. The number of likely N-dealkylation sites (tertiary alicyclic amines) is 1. The number of nitrogens with zero attached hydrogens (tertiary/aromatic N) is 9. The minimum Gasteiger partial charge on any atom is -0.376 e. The highest BCUT2D eigenvalue weighted by atomic mass is 35.5. The van der Waals surface area contributed by atoms with Crippen LogP contribution >= 0.6 is 11.6 Å². The fourth-order valence-electron chi connectivity index (χ4n) is 16.2. The molecule has 4 heterocycles. The van der Waals surface area contributed by atoms with Gasteiger partial charge in [-0.05, 0) is 125 Å². The first-order chi connectivity index (χ1) is 49.2. The normalized spacial score (nSPS) is 27.6. The number of aliphatic hydroxyl groups is 1. The summed E-state index contributed by atoms with van der Waals surface area (Å²) in [4.78, 5) is 179. The molecule has 576 valence electrons. The van der Waals surface area contributed by atoms with Crippen molar-refractivity contribution in [2.45, 2.75) is 248 Å². The number of benzene rings is 2. The van der Waals surface area contributed by atoms with Gasteiger partial charge in [-0.15, -0.1) is 0 Å². The Labute approximate surface area is 616 Å². The van der Waals surface area contributed by atoms with Gasteiger partial charge in [0.25, 0.3) is 0 Å². The van der Waals surface area contributed by atoms with E-state index >= 15 is 38.4 Å². The van der Waals surface area contributed by atoms with Crippen molar-refractivity contribution in [3.05, 3.63) is 70.2 Å². The Bertz CT molecular complexity index is 3390. The van der Waals surface area contributed by atoms with Gasteiger partial charge in [-0.25, -0.2) is 0 Å². The van der Waals surface area contributed by atoms with E-state index in [2.05, 4.69) is 16.0 Å². The van der Waals surface area contributed by atoms with Crippen LogP contribution < -0.4 is 16.0 Å². The molecule has 28 heteroatoms. The van der Waals surface area contributed by atoms with Crippen molar-refractivity contribution in [1.29, 1.82) is 0 Å². The summed E-state index contributed by atoms with van der Waals surface area (Å²) in [6.45, 7) is 9.11. The maximum absolute atomic E-state index is 15.5. The van der Waals surface area contributed by atoms with Crippen LogP contribution in [0.1, 0.15) is 180 Å². The molecule has 4 aliphatic heterocycles. The summed E-state index contributed by atoms with van der Waals surface area (Å²) in [5.74, 6) is -8.07. The first-order valence-electron chi connectivity index (χ1n) is 37.6. The molecule has 0 aromatic heterocycles. The molecule has 24 nitrogen and oxygen atoms in total. The van der Waals surface area contributed by atoms with Crippen molar-refractivity contribution < 1.29 is 71.0 Å². The molecule has 2 aliphatic carbocycles. The summed E-state index contributed by atoms with van der Waals surface area (Å²) in [6.07, 6.45) is 2.95. The van der Waals surface area contributed by atoms with Crippen LogP contribution in [0.3, 0.4) is 0 Å². The number of aryl methyl sites for hydroxylation is 2. The Morgan fingerprint density at radius 2 is 1.23 bits per heavy atom. The molecule has 6 aliphatic rings. The number of amides is 11. The number of alkyl halides is 3. The fraction of sp³-hybridized carbons (Fsp3) is 0.697. The van der Waals surface area contributed by atoms with Gasteiger partial charge < -0.3 is 60.3 Å². The molecule has 104 heavy (non-hydrogen) atoms. The molecular formula is C76H112ClF3N12O12. The average Bonchev–Trinajstić information content (AvgIpc) is 1.17. The van der Waals surface area contributed by atoms with E-state index < -0.39 is 173 Å². The van der Waals surface area contributed by atoms with Crippen molar-refractivity contribution in [2.75, 3.05) is 75.0 Å². The average molecular weight is 1480 g/mol. The predicted octanol–water partition coefficient (Wildman–Crippen LogP) is 6.41. The number of likely N-dealkylation sites (N-methyl/N-ethyl adjacent to an activating group) is 6. The van der Waals surface area contributed by atoms with E-state index in [1.165, 1.54) is 89.6 Å². The lowest BCUT2D eigenvalue weighted by Gasteiger charge is -2.46. The number of hydrogen-bond donors (Lipinski definition) is 4. The SMILES string of the molecule is CC[C@H](C)[C@@H]1NC(=O)[C@H](C)N(C)C(=O)C[C@@H](C(O)N2CCCCC2)N(C)C(=O)[C@H](C(C)C)N(C)C(=O)C2(CCCC2)NC(=O)[C@@H]2CCCN2C(=O)[C@H](CCc2ccc(C(F)(F)F)c(Cl)c2)NC(=O)CN(C)C(=O)[C@H](CC2CCCCC2)N(C)C(=O)C2CCN2C(=O)[C@H](CCc2ccccc2)N(C)C1=O. The van der Waals surface area contributed by atoms with Crippen molar-refractivity contribution in [2.24, 2.45) is 17.8 Å². The number of nitrogens with one attached hydrogen (secondary N) is 3. The number of rotatable bonds is 13. The summed E-state index contributed by atoms with van der Waals surface area (Å²) in [5, 5.41) is 20.6. The number of aliphatic hydroxyl groups excluding tert-OH is 1. The standard InChI is InChI=1S/C76H112ClF3N12O12/c1-12-48(4)63-72(102)86(8)57(35-32-50-25-16-13-17-26-50)71(101)92-42-36-58(92)69(99)87(9)59(44-51-27-18-14-19-28-51)68(98)84(6)46-61(93)81-55(34-31-52-30-33-53(54(77)43-52)76(78,79)80)67(97)91-41-24-29-56(91)66(96)83-75(37-20-21-38-75)74(104)89(11)64(47(2)3)73(103)88(10)60(70(100)90-39-22-15-23-40-90)45-62(94)85(7)49(5)65(95)82-63/h13,16-17,25-26,30,33,43,47-49,51,55-60,63-64,70,100H,12,14-15,18-24,27-29,31-32,34-42,44-46H2,1-11H3,(H,81,93)(H,82,95)(H,83,96)/t48-,49-,55-,56-,57-,58?,59-,60-,63-,64-,70?/m0/s1. The van der Waals surface area contributed by atoms with Gasteiger partial charge in [-0.3, -0.25) is 57.6 Å². The van der Waals surface area contributed by atoms with E-state index in [4.69, 9.17) is 11.6 Å². The number of halogens is 4. The zero-order valence-electron chi connectivity index (χ0n) is 62.7. The molecular weight excluding hydrogens is 1370 g/mol. The zero-order valence-corrected chi connectivity index (χ0v) is 63.4. The Balaban J connectivity index is 1.18. The zero-order chi connectivity index (χ0) is 76.2.